The maximum atomic E-state index is 12.5. The minimum atomic E-state index is -0.204. The maximum Gasteiger partial charge on any atom is 0.262 e. The Morgan fingerprint density at radius 1 is 1.08 bits per heavy atom. The minimum absolute atomic E-state index is 0.0587. The van der Waals surface area contributed by atoms with Gasteiger partial charge in [-0.3, -0.25) is 9.59 Å². The number of anilines is 1. The van der Waals surface area contributed by atoms with Crippen molar-refractivity contribution in [3.05, 3.63) is 59.7 Å². The Bertz CT molecular complexity index is 782. The number of benzene rings is 2. The average molecular weight is 322 g/mol. The summed E-state index contributed by atoms with van der Waals surface area (Å²) in [5.74, 6) is 0.606. The van der Waals surface area contributed by atoms with Gasteiger partial charge in [0.05, 0.1) is 11.3 Å². The molecule has 1 heterocycles. The first-order chi connectivity index (χ1) is 11.7. The molecule has 24 heavy (non-hydrogen) atoms. The van der Waals surface area contributed by atoms with Crippen LogP contribution < -0.4 is 15.4 Å². The van der Waals surface area contributed by atoms with Crippen molar-refractivity contribution in [2.75, 3.05) is 11.9 Å². The van der Waals surface area contributed by atoms with Crippen LogP contribution in [0.2, 0.25) is 0 Å². The van der Waals surface area contributed by atoms with Gasteiger partial charge in [-0.25, -0.2) is 0 Å². The molecule has 2 aromatic carbocycles. The number of hydrogen-bond acceptors (Lipinski definition) is 3. The summed E-state index contributed by atoms with van der Waals surface area (Å²) >= 11 is 0. The molecule has 0 spiro atoms. The molecule has 0 saturated heterocycles. The van der Waals surface area contributed by atoms with Crippen molar-refractivity contribution in [2.24, 2.45) is 0 Å². The molecule has 0 unspecified atom stereocenters. The molecular weight excluding hydrogens is 304 g/mol. The SMILES string of the molecule is O=C1COc2c(cccc2C(=O)NC2CC(c3ccccc3)C2)N1. The van der Waals surface area contributed by atoms with E-state index in [2.05, 4.69) is 22.8 Å². The summed E-state index contributed by atoms with van der Waals surface area (Å²) in [6, 6.07) is 15.7. The number of para-hydroxylation sites is 1. The number of ether oxygens (including phenoxy) is 1. The van der Waals surface area contributed by atoms with E-state index in [4.69, 9.17) is 4.74 Å². The van der Waals surface area contributed by atoms with Crippen molar-refractivity contribution in [3.8, 4) is 5.75 Å². The van der Waals surface area contributed by atoms with Crippen LogP contribution in [0.15, 0.2) is 48.5 Å². The Hall–Kier alpha value is -2.82. The molecule has 1 aliphatic heterocycles. The highest BCUT2D eigenvalue weighted by Gasteiger charge is 2.32. The fourth-order valence-corrected chi connectivity index (χ4v) is 3.29. The molecule has 2 aliphatic rings. The third-order valence-electron chi connectivity index (χ3n) is 4.63. The number of carbonyl (C=O) groups is 2. The quantitative estimate of drug-likeness (QED) is 0.913. The van der Waals surface area contributed by atoms with E-state index in [-0.39, 0.29) is 24.5 Å². The highest BCUT2D eigenvalue weighted by atomic mass is 16.5. The fourth-order valence-electron chi connectivity index (χ4n) is 3.29. The summed E-state index contributed by atoms with van der Waals surface area (Å²) in [7, 11) is 0. The van der Waals surface area contributed by atoms with Gasteiger partial charge in [0, 0.05) is 6.04 Å². The van der Waals surface area contributed by atoms with Gasteiger partial charge in [0.2, 0.25) is 0 Å². The van der Waals surface area contributed by atoms with Gasteiger partial charge in [0.1, 0.15) is 0 Å². The van der Waals surface area contributed by atoms with Gasteiger partial charge >= 0.3 is 0 Å². The lowest BCUT2D eigenvalue weighted by Gasteiger charge is -2.36. The van der Waals surface area contributed by atoms with E-state index < -0.39 is 0 Å². The molecule has 1 fully saturated rings. The van der Waals surface area contributed by atoms with Crippen molar-refractivity contribution in [2.45, 2.75) is 24.8 Å². The van der Waals surface area contributed by atoms with Crippen molar-refractivity contribution in [1.29, 1.82) is 0 Å². The standard InChI is InChI=1S/C19H18N2O3/c22-17-11-24-18-15(7-4-8-16(18)21-17)19(23)20-14-9-13(10-14)12-5-2-1-3-6-12/h1-8,13-14H,9-11H2,(H,20,23)(H,21,22). The number of fused-ring (bicyclic) bond motifs is 1. The van der Waals surface area contributed by atoms with Gasteiger partial charge in [-0.15, -0.1) is 0 Å². The first kappa shape index (κ1) is 14.8. The van der Waals surface area contributed by atoms with Gasteiger partial charge in [0.25, 0.3) is 11.8 Å². The Balaban J connectivity index is 1.41. The zero-order valence-corrected chi connectivity index (χ0v) is 13.1. The van der Waals surface area contributed by atoms with Crippen LogP contribution in [0.1, 0.15) is 34.7 Å². The van der Waals surface area contributed by atoms with Crippen LogP contribution in [0.25, 0.3) is 0 Å². The molecular formula is C19H18N2O3. The lowest BCUT2D eigenvalue weighted by Crippen LogP contribution is -2.43. The van der Waals surface area contributed by atoms with Crippen molar-refractivity contribution >= 4 is 17.5 Å². The Kier molecular flexibility index (Phi) is 3.69. The Labute approximate surface area is 140 Å². The van der Waals surface area contributed by atoms with Gasteiger partial charge in [-0.2, -0.15) is 0 Å². The second-order valence-electron chi connectivity index (χ2n) is 6.27. The smallest absolute Gasteiger partial charge is 0.262 e. The molecule has 1 aliphatic carbocycles. The first-order valence-corrected chi connectivity index (χ1v) is 8.12. The molecule has 2 amide bonds. The summed E-state index contributed by atoms with van der Waals surface area (Å²) in [4.78, 5) is 23.9. The second-order valence-corrected chi connectivity index (χ2v) is 6.27. The topological polar surface area (TPSA) is 67.4 Å². The molecule has 5 heteroatoms. The van der Waals surface area contributed by atoms with E-state index in [1.54, 1.807) is 18.2 Å². The lowest BCUT2D eigenvalue weighted by atomic mass is 9.76. The van der Waals surface area contributed by atoms with Crippen LogP contribution in [0.4, 0.5) is 5.69 Å². The molecule has 0 radical (unpaired) electrons. The van der Waals surface area contributed by atoms with Gasteiger partial charge in [-0.1, -0.05) is 36.4 Å². The van der Waals surface area contributed by atoms with E-state index in [1.165, 1.54) is 5.56 Å². The number of nitrogens with one attached hydrogen (secondary N) is 2. The third kappa shape index (κ3) is 2.73. The van der Waals surface area contributed by atoms with Gasteiger partial charge < -0.3 is 15.4 Å². The number of amides is 2. The average Bonchev–Trinajstić information content (AvgIpc) is 2.57. The highest BCUT2D eigenvalue weighted by Crippen LogP contribution is 2.37. The molecule has 4 rings (SSSR count). The van der Waals surface area contributed by atoms with Crippen LogP contribution in [0, 0.1) is 0 Å². The van der Waals surface area contributed by atoms with E-state index in [0.29, 0.717) is 22.9 Å². The fraction of sp³-hybridized carbons (Fsp3) is 0.263. The van der Waals surface area contributed by atoms with Crippen LogP contribution in [-0.2, 0) is 4.79 Å². The molecule has 5 nitrogen and oxygen atoms in total. The van der Waals surface area contributed by atoms with E-state index >= 15 is 0 Å². The zero-order valence-electron chi connectivity index (χ0n) is 13.1. The normalized spacial score (nSPS) is 21.8. The summed E-state index contributed by atoms with van der Waals surface area (Å²) in [6.07, 6.45) is 1.89. The maximum absolute atomic E-state index is 12.5. The van der Waals surface area contributed by atoms with Gasteiger partial charge in [0.15, 0.2) is 12.4 Å². The van der Waals surface area contributed by atoms with Crippen molar-refractivity contribution in [3.63, 3.8) is 0 Å². The largest absolute Gasteiger partial charge is 0.481 e. The summed E-state index contributed by atoms with van der Waals surface area (Å²) < 4.78 is 5.44. The molecule has 0 atom stereocenters. The molecule has 2 aromatic rings. The second kappa shape index (κ2) is 6.00. The predicted molar refractivity (Wildman–Crippen MR) is 90.2 cm³/mol. The van der Waals surface area contributed by atoms with E-state index in [1.807, 2.05) is 18.2 Å². The zero-order chi connectivity index (χ0) is 16.5. The number of carbonyl (C=O) groups excluding carboxylic acids is 2. The number of rotatable bonds is 3. The van der Waals surface area contributed by atoms with Crippen molar-refractivity contribution < 1.29 is 14.3 Å². The predicted octanol–water partition coefficient (Wildman–Crippen LogP) is 2.69. The lowest BCUT2D eigenvalue weighted by molar-refractivity contribution is -0.118. The summed E-state index contributed by atoms with van der Waals surface area (Å²) in [6.45, 7) is -0.0587. The van der Waals surface area contributed by atoms with E-state index in [0.717, 1.165) is 12.8 Å². The van der Waals surface area contributed by atoms with Crippen LogP contribution >= 0.6 is 0 Å². The monoisotopic (exact) mass is 322 g/mol. The number of hydrogen-bond donors (Lipinski definition) is 2. The Morgan fingerprint density at radius 2 is 1.88 bits per heavy atom. The van der Waals surface area contributed by atoms with Crippen LogP contribution in [-0.4, -0.2) is 24.5 Å². The van der Waals surface area contributed by atoms with Gasteiger partial charge in [-0.05, 0) is 36.5 Å². The molecule has 1 saturated carbocycles. The highest BCUT2D eigenvalue weighted by molar-refractivity contribution is 6.03. The van der Waals surface area contributed by atoms with E-state index in [9.17, 15) is 9.59 Å². The molecule has 0 bridgehead atoms. The Morgan fingerprint density at radius 3 is 2.67 bits per heavy atom. The third-order valence-corrected chi connectivity index (χ3v) is 4.63. The van der Waals surface area contributed by atoms with Crippen LogP contribution in [0.3, 0.4) is 0 Å². The minimum Gasteiger partial charge on any atom is -0.481 e. The summed E-state index contributed by atoms with van der Waals surface area (Å²) in [5, 5.41) is 5.78. The molecule has 122 valence electrons. The summed E-state index contributed by atoms with van der Waals surface area (Å²) in [5.41, 5.74) is 2.34. The molecule has 2 N–H and O–H groups in total. The molecule has 0 aromatic heterocycles. The first-order valence-electron chi connectivity index (χ1n) is 8.12. The van der Waals surface area contributed by atoms with Crippen molar-refractivity contribution in [1.82, 2.24) is 5.32 Å². The van der Waals surface area contributed by atoms with Crippen LogP contribution in [0.5, 0.6) is 5.75 Å².